The number of benzene rings is 2. The van der Waals surface area contributed by atoms with Gasteiger partial charge < -0.3 is 45.9 Å². The highest BCUT2D eigenvalue weighted by atomic mass is 32.2. The van der Waals surface area contributed by atoms with Crippen molar-refractivity contribution in [1.82, 2.24) is 36.4 Å². The molecule has 15 nitrogen and oxygen atoms in total. The van der Waals surface area contributed by atoms with E-state index in [1.807, 2.05) is 29.2 Å². The summed E-state index contributed by atoms with van der Waals surface area (Å²) in [5, 5.41) is 15.0. The molecule has 0 radical (unpaired) electrons. The Morgan fingerprint density at radius 3 is 1.65 bits per heavy atom. The van der Waals surface area contributed by atoms with Gasteiger partial charge in [-0.2, -0.15) is 0 Å². The van der Waals surface area contributed by atoms with Crippen molar-refractivity contribution in [3.8, 4) is 0 Å². The molecule has 5 amide bonds. The smallest absolute Gasteiger partial charge is 0.246 e. The molecule has 0 spiro atoms. The summed E-state index contributed by atoms with van der Waals surface area (Å²) in [5.41, 5.74) is 3.71. The van der Waals surface area contributed by atoms with Crippen molar-refractivity contribution in [2.75, 3.05) is 38.8 Å². The number of ketones is 1. The summed E-state index contributed by atoms with van der Waals surface area (Å²) in [6.45, 7) is 13.1. The number of carbonyl (C=O) groups is 6. The average molecular weight is 1060 g/mol. The summed E-state index contributed by atoms with van der Waals surface area (Å²) in [5.74, 6) is 0.429. The van der Waals surface area contributed by atoms with Crippen LogP contribution < -0.4 is 26.6 Å². The zero-order valence-corrected chi connectivity index (χ0v) is 46.7. The quantitative estimate of drug-likeness (QED) is 0.0846. The van der Waals surface area contributed by atoms with Gasteiger partial charge in [-0.1, -0.05) is 102 Å². The molecule has 406 valence electrons. The van der Waals surface area contributed by atoms with E-state index >= 15 is 0 Å². The average Bonchev–Trinajstić information content (AvgIpc) is 4.02. The van der Waals surface area contributed by atoms with E-state index in [1.165, 1.54) is 5.56 Å². The van der Waals surface area contributed by atoms with Crippen LogP contribution in [0.4, 0.5) is 0 Å². The summed E-state index contributed by atoms with van der Waals surface area (Å²) < 4.78 is 13.3. The van der Waals surface area contributed by atoms with Gasteiger partial charge in [-0.05, 0) is 117 Å². The second-order valence-corrected chi connectivity index (χ2v) is 25.6. The van der Waals surface area contributed by atoms with Crippen LogP contribution in [0.25, 0.3) is 0 Å². The van der Waals surface area contributed by atoms with Gasteiger partial charge in [0.2, 0.25) is 29.5 Å². The predicted molar refractivity (Wildman–Crippen MR) is 291 cm³/mol. The summed E-state index contributed by atoms with van der Waals surface area (Å²) in [7, 11) is 3.44. The molecule has 4 aliphatic heterocycles. The fourth-order valence-corrected chi connectivity index (χ4v) is 15.7. The molecular weight excluding hydrogens is 975 g/mol. The number of unbranched alkanes of at least 4 members (excludes halogenated alkanes) is 5. The fourth-order valence-electron chi connectivity index (χ4n) is 12.6. The molecule has 4 heterocycles. The lowest BCUT2D eigenvalue weighted by Gasteiger charge is -2.35. The Balaban J connectivity index is 0.796. The largest absolute Gasteiger partial charge is 0.377 e. The van der Waals surface area contributed by atoms with Gasteiger partial charge in [0, 0.05) is 32.0 Å². The standard InChI is InChI=1S/C57H83N7O8S2/c1-34(58-7)51(66)60-41-23-27-73-46-32-56(3,4)49(63(46)54(41)69)43(65)31-40-38-21-15-13-19-36(38)29-44(40)71-25-17-11-9-10-12-18-26-72-45-30-37-20-14-16-22-39(37)48(45)62-53(68)50-57(5,6)33-47-64(50)55(70)42(24-28-74-47)61-52(67)35(2)59-8/h13-16,19-22,34-35,40-42,44-50,58-59H,9-12,17-18,23-33H2,1-8H3,(H,60,66)(H,61,67)(H,62,68)/t34-,35-,40-,41-,42-,44+,45+,46-,47-,48-,49+,50+/m0/s1. The molecule has 74 heavy (non-hydrogen) atoms. The van der Waals surface area contributed by atoms with Crippen molar-refractivity contribution < 1.29 is 38.2 Å². The molecule has 12 atom stereocenters. The minimum atomic E-state index is -0.690. The number of nitrogens with one attached hydrogen (secondary N) is 5. The number of nitrogens with zero attached hydrogens (tertiary/aromatic N) is 2. The van der Waals surface area contributed by atoms with E-state index in [-0.39, 0.29) is 70.2 Å². The third kappa shape index (κ3) is 12.4. The third-order valence-electron chi connectivity index (χ3n) is 16.9. The first-order chi connectivity index (χ1) is 35.4. The van der Waals surface area contributed by atoms with Crippen molar-refractivity contribution in [2.24, 2.45) is 10.8 Å². The van der Waals surface area contributed by atoms with Gasteiger partial charge in [0.15, 0.2) is 5.78 Å². The number of thioether (sulfide) groups is 2. The molecule has 2 aromatic carbocycles. The molecule has 5 N–H and O–H groups in total. The Labute approximate surface area is 448 Å². The van der Waals surface area contributed by atoms with Gasteiger partial charge >= 0.3 is 0 Å². The zero-order chi connectivity index (χ0) is 52.9. The number of amides is 5. The number of rotatable bonds is 22. The minimum Gasteiger partial charge on any atom is -0.377 e. The van der Waals surface area contributed by atoms with Gasteiger partial charge in [0.1, 0.15) is 18.1 Å². The summed E-state index contributed by atoms with van der Waals surface area (Å²) in [4.78, 5) is 87.0. The second-order valence-electron chi connectivity index (χ2n) is 23.1. The van der Waals surface area contributed by atoms with Crippen LogP contribution >= 0.6 is 23.5 Å². The molecule has 0 bridgehead atoms. The minimum absolute atomic E-state index is 0.0627. The first-order valence-corrected chi connectivity index (χ1v) is 29.6. The van der Waals surface area contributed by atoms with E-state index in [4.69, 9.17) is 9.47 Å². The van der Waals surface area contributed by atoms with Crippen LogP contribution in [0.1, 0.15) is 146 Å². The lowest BCUT2D eigenvalue weighted by Crippen LogP contribution is -2.58. The number of carbonyl (C=O) groups excluding carboxylic acids is 6. The molecule has 6 aliphatic rings. The van der Waals surface area contributed by atoms with Crippen molar-refractivity contribution in [3.63, 3.8) is 0 Å². The number of likely N-dealkylation sites (N-methyl/N-ethyl adjacent to an activating group) is 2. The van der Waals surface area contributed by atoms with Gasteiger partial charge in [-0.25, -0.2) is 0 Å². The van der Waals surface area contributed by atoms with Gasteiger partial charge in [0.25, 0.3) is 0 Å². The SMILES string of the molecule is CN[C@@H](C)C(=O)N[C@H]1CCS[C@H]2CC(C)(C)[C@@H](C(=O)C[C@H]3c4ccccc4C[C@H]3OCCCCCCCCO[C@@H]3Cc4ccccc4[C@@H]3NC(=O)[C@H]3N4C(=O)[C@@H](NC(=O)[C@H](C)NC)CCS[C@H]4CC3(C)C)N2C1=O. The first kappa shape index (κ1) is 56.2. The molecular formula is C57H83N7O8S2. The van der Waals surface area contributed by atoms with Crippen LogP contribution in [0.15, 0.2) is 48.5 Å². The lowest BCUT2D eigenvalue weighted by molar-refractivity contribution is -0.144. The predicted octanol–water partition coefficient (Wildman–Crippen LogP) is 6.18. The summed E-state index contributed by atoms with van der Waals surface area (Å²) >= 11 is 3.41. The van der Waals surface area contributed by atoms with Crippen LogP contribution in [-0.4, -0.2) is 143 Å². The molecule has 4 fully saturated rings. The number of hydrogen-bond donors (Lipinski definition) is 5. The van der Waals surface area contributed by atoms with Crippen LogP contribution in [-0.2, 0) is 51.1 Å². The highest BCUT2D eigenvalue weighted by Crippen LogP contribution is 2.49. The van der Waals surface area contributed by atoms with E-state index in [2.05, 4.69) is 78.5 Å². The van der Waals surface area contributed by atoms with Gasteiger partial charge in [-0.15, -0.1) is 23.5 Å². The maximum absolute atomic E-state index is 14.7. The molecule has 4 saturated heterocycles. The lowest BCUT2D eigenvalue weighted by atomic mass is 9.79. The molecule has 0 saturated carbocycles. The van der Waals surface area contributed by atoms with Crippen molar-refractivity contribution in [3.05, 3.63) is 70.8 Å². The summed E-state index contributed by atoms with van der Waals surface area (Å²) in [6, 6.07) is 12.7. The second kappa shape index (κ2) is 24.6. The fraction of sp³-hybridized carbons (Fsp3) is 0.684. The van der Waals surface area contributed by atoms with E-state index in [0.29, 0.717) is 51.1 Å². The van der Waals surface area contributed by atoms with Crippen molar-refractivity contribution in [2.45, 2.75) is 196 Å². The van der Waals surface area contributed by atoms with Gasteiger partial charge in [0.05, 0.1) is 47.1 Å². The van der Waals surface area contributed by atoms with E-state index < -0.39 is 47.1 Å². The maximum Gasteiger partial charge on any atom is 0.246 e. The van der Waals surface area contributed by atoms with Crippen LogP contribution in [0.2, 0.25) is 0 Å². The topological polar surface area (TPSA) is 188 Å². The Morgan fingerprint density at radius 2 is 1.09 bits per heavy atom. The Hall–Kier alpha value is -4.00. The van der Waals surface area contributed by atoms with E-state index in [9.17, 15) is 28.8 Å². The van der Waals surface area contributed by atoms with E-state index in [0.717, 1.165) is 73.8 Å². The molecule has 0 unspecified atom stereocenters. The number of fused-ring (bicyclic) bond motifs is 4. The number of Topliss-reactive ketones (excluding diaryl/α,β-unsaturated/α-hetero) is 1. The molecule has 2 aromatic rings. The summed E-state index contributed by atoms with van der Waals surface area (Å²) in [6.07, 6.45) is 9.90. The van der Waals surface area contributed by atoms with Crippen LogP contribution in [0.5, 0.6) is 0 Å². The molecule has 0 aromatic heterocycles. The molecule has 2 aliphatic carbocycles. The highest BCUT2D eigenvalue weighted by Gasteiger charge is 2.56. The van der Waals surface area contributed by atoms with E-state index in [1.54, 1.807) is 56.4 Å². The maximum atomic E-state index is 14.7. The zero-order valence-electron chi connectivity index (χ0n) is 45.0. The highest BCUT2D eigenvalue weighted by molar-refractivity contribution is 8.00. The first-order valence-electron chi connectivity index (χ1n) is 27.5. The normalized spacial score (nSPS) is 29.6. The number of hydrogen-bond acceptors (Lipinski definition) is 12. The third-order valence-corrected chi connectivity index (χ3v) is 19.4. The molecule has 17 heteroatoms. The van der Waals surface area contributed by atoms with Crippen LogP contribution in [0, 0.1) is 10.8 Å². The molecule has 8 rings (SSSR count). The van der Waals surface area contributed by atoms with Crippen molar-refractivity contribution in [1.29, 1.82) is 0 Å². The van der Waals surface area contributed by atoms with Crippen molar-refractivity contribution >= 4 is 58.8 Å². The monoisotopic (exact) mass is 1060 g/mol. The Morgan fingerprint density at radius 1 is 0.635 bits per heavy atom. The number of ether oxygens (including phenoxy) is 2. The van der Waals surface area contributed by atoms with Crippen LogP contribution in [0.3, 0.4) is 0 Å². The Kier molecular flexibility index (Phi) is 18.6. The Bertz CT molecular complexity index is 2190. The van der Waals surface area contributed by atoms with Gasteiger partial charge in [-0.3, -0.25) is 28.8 Å².